The molecule has 0 radical (unpaired) electrons. The Morgan fingerprint density at radius 3 is 2.75 bits per heavy atom. The predicted molar refractivity (Wildman–Crippen MR) is 64.5 cm³/mol. The third-order valence-electron chi connectivity index (χ3n) is 2.69. The van der Waals surface area contributed by atoms with Crippen molar-refractivity contribution in [3.8, 4) is 0 Å². The summed E-state index contributed by atoms with van der Waals surface area (Å²) in [6.45, 7) is 1.06. The Kier molecular flexibility index (Phi) is 3.37. The van der Waals surface area contributed by atoms with Crippen LogP contribution in [0.1, 0.15) is 12.8 Å². The number of hydrogen-bond acceptors (Lipinski definition) is 2. The van der Waals surface area contributed by atoms with E-state index in [1.165, 1.54) is 0 Å². The number of unbranched alkanes of at least 4 members (excludes halogenated alkanes) is 1. The van der Waals surface area contributed by atoms with Crippen LogP contribution in [0.5, 0.6) is 0 Å². The Morgan fingerprint density at radius 2 is 1.94 bits per heavy atom. The molecule has 1 heterocycles. The number of para-hydroxylation sites is 1. The van der Waals surface area contributed by atoms with E-state index < -0.39 is 0 Å². The topological polar surface area (TPSA) is 42.2 Å². The summed E-state index contributed by atoms with van der Waals surface area (Å²) in [4.78, 5) is 11.6. The molecule has 0 fully saturated rings. The molecule has 0 bridgehead atoms. The van der Waals surface area contributed by atoms with E-state index in [9.17, 15) is 4.79 Å². The van der Waals surface area contributed by atoms with Gasteiger partial charge in [-0.3, -0.25) is 4.79 Å². The molecule has 0 saturated carbocycles. The molecule has 0 aliphatic rings. The van der Waals surface area contributed by atoms with Gasteiger partial charge in [-0.2, -0.15) is 0 Å². The van der Waals surface area contributed by atoms with E-state index in [1.54, 1.807) is 6.07 Å². The van der Waals surface area contributed by atoms with Crippen molar-refractivity contribution in [2.75, 3.05) is 6.61 Å². The predicted octanol–water partition coefficient (Wildman–Crippen LogP) is 1.77. The highest BCUT2D eigenvalue weighted by Crippen LogP contribution is 2.10. The Labute approximate surface area is 94.0 Å². The first-order valence-electron chi connectivity index (χ1n) is 5.52. The molecule has 2 aromatic rings. The smallest absolute Gasteiger partial charge is 0.189 e. The average molecular weight is 217 g/mol. The van der Waals surface area contributed by atoms with Crippen LogP contribution in [0, 0.1) is 0 Å². The Hall–Kier alpha value is -1.61. The van der Waals surface area contributed by atoms with Crippen LogP contribution in [0.4, 0.5) is 0 Å². The van der Waals surface area contributed by atoms with Crippen LogP contribution in [-0.4, -0.2) is 16.3 Å². The molecule has 0 spiro atoms. The zero-order valence-electron chi connectivity index (χ0n) is 9.10. The standard InChI is InChI=1S/C13H15NO2/c15-10-4-3-8-14-9-7-13(16)11-5-1-2-6-12(11)14/h1-2,5-7,9,15H,3-4,8,10H2. The summed E-state index contributed by atoms with van der Waals surface area (Å²) in [5.41, 5.74) is 1.03. The molecule has 0 amide bonds. The number of aryl methyl sites for hydroxylation is 1. The molecule has 1 aromatic carbocycles. The summed E-state index contributed by atoms with van der Waals surface area (Å²) in [7, 11) is 0. The van der Waals surface area contributed by atoms with Gasteiger partial charge < -0.3 is 9.67 Å². The maximum atomic E-state index is 11.6. The van der Waals surface area contributed by atoms with Gasteiger partial charge in [0.05, 0.1) is 5.52 Å². The minimum absolute atomic E-state index is 0.0639. The molecule has 2 rings (SSSR count). The molecule has 84 valence electrons. The number of fused-ring (bicyclic) bond motifs is 1. The second-order valence-corrected chi connectivity index (χ2v) is 3.82. The van der Waals surface area contributed by atoms with E-state index in [0.29, 0.717) is 0 Å². The lowest BCUT2D eigenvalue weighted by Gasteiger charge is -2.09. The molecule has 1 N–H and O–H groups in total. The van der Waals surface area contributed by atoms with Crippen molar-refractivity contribution in [1.29, 1.82) is 0 Å². The van der Waals surface area contributed by atoms with E-state index in [0.717, 1.165) is 30.3 Å². The van der Waals surface area contributed by atoms with Gasteiger partial charge in [-0.25, -0.2) is 0 Å². The van der Waals surface area contributed by atoms with Gasteiger partial charge in [-0.05, 0) is 25.0 Å². The molecule has 0 saturated heterocycles. The van der Waals surface area contributed by atoms with Crippen molar-refractivity contribution in [2.45, 2.75) is 19.4 Å². The third kappa shape index (κ3) is 2.14. The van der Waals surface area contributed by atoms with Crippen LogP contribution in [-0.2, 0) is 6.54 Å². The minimum Gasteiger partial charge on any atom is -0.396 e. The van der Waals surface area contributed by atoms with Gasteiger partial charge in [0.2, 0.25) is 0 Å². The first-order valence-corrected chi connectivity index (χ1v) is 5.52. The summed E-state index contributed by atoms with van der Waals surface area (Å²) in [6, 6.07) is 9.21. The molecule has 0 atom stereocenters. The van der Waals surface area contributed by atoms with Crippen molar-refractivity contribution in [1.82, 2.24) is 4.57 Å². The molecule has 0 aliphatic carbocycles. The molecule has 3 nitrogen and oxygen atoms in total. The zero-order valence-corrected chi connectivity index (χ0v) is 9.10. The number of pyridine rings is 1. The molecule has 0 unspecified atom stereocenters. The number of aliphatic hydroxyl groups excluding tert-OH is 1. The fraction of sp³-hybridized carbons (Fsp3) is 0.308. The summed E-state index contributed by atoms with van der Waals surface area (Å²) in [5, 5.41) is 9.50. The van der Waals surface area contributed by atoms with Crippen LogP contribution < -0.4 is 5.43 Å². The minimum atomic E-state index is 0.0639. The van der Waals surface area contributed by atoms with Crippen molar-refractivity contribution < 1.29 is 5.11 Å². The molecular formula is C13H15NO2. The van der Waals surface area contributed by atoms with Crippen molar-refractivity contribution in [2.24, 2.45) is 0 Å². The van der Waals surface area contributed by atoms with Gasteiger partial charge >= 0.3 is 0 Å². The fourth-order valence-electron chi connectivity index (χ4n) is 1.85. The highest BCUT2D eigenvalue weighted by atomic mass is 16.2. The molecule has 3 heteroatoms. The van der Waals surface area contributed by atoms with Crippen LogP contribution in [0.3, 0.4) is 0 Å². The van der Waals surface area contributed by atoms with Crippen molar-refractivity contribution in [3.63, 3.8) is 0 Å². The Balaban J connectivity index is 2.38. The zero-order chi connectivity index (χ0) is 11.4. The monoisotopic (exact) mass is 217 g/mol. The quantitative estimate of drug-likeness (QED) is 0.793. The number of rotatable bonds is 4. The van der Waals surface area contributed by atoms with Crippen molar-refractivity contribution in [3.05, 3.63) is 46.8 Å². The Morgan fingerprint density at radius 1 is 1.12 bits per heavy atom. The summed E-state index contributed by atoms with van der Waals surface area (Å²) < 4.78 is 2.06. The normalized spacial score (nSPS) is 10.8. The average Bonchev–Trinajstić information content (AvgIpc) is 2.33. The second kappa shape index (κ2) is 4.94. The first kappa shape index (κ1) is 10.9. The first-order chi connectivity index (χ1) is 7.83. The largest absolute Gasteiger partial charge is 0.396 e. The maximum absolute atomic E-state index is 11.6. The van der Waals surface area contributed by atoms with E-state index in [1.807, 2.05) is 30.5 Å². The fourth-order valence-corrected chi connectivity index (χ4v) is 1.85. The highest BCUT2D eigenvalue weighted by Gasteiger charge is 2.00. The highest BCUT2D eigenvalue weighted by molar-refractivity contribution is 5.78. The molecule has 1 aromatic heterocycles. The van der Waals surface area contributed by atoms with Crippen LogP contribution in [0.2, 0.25) is 0 Å². The van der Waals surface area contributed by atoms with E-state index in [-0.39, 0.29) is 12.0 Å². The van der Waals surface area contributed by atoms with Crippen LogP contribution in [0.15, 0.2) is 41.3 Å². The number of nitrogens with zero attached hydrogens (tertiary/aromatic N) is 1. The van der Waals surface area contributed by atoms with Gasteiger partial charge in [-0.1, -0.05) is 12.1 Å². The van der Waals surface area contributed by atoms with Gasteiger partial charge in [0.15, 0.2) is 5.43 Å². The summed E-state index contributed by atoms with van der Waals surface area (Å²) >= 11 is 0. The number of hydrogen-bond donors (Lipinski definition) is 1. The van der Waals surface area contributed by atoms with Gasteiger partial charge in [0.25, 0.3) is 0 Å². The molecular weight excluding hydrogens is 202 g/mol. The summed E-state index contributed by atoms with van der Waals surface area (Å²) in [6.07, 6.45) is 3.53. The number of benzene rings is 1. The SMILES string of the molecule is O=c1ccn(CCCCO)c2ccccc12. The number of aromatic nitrogens is 1. The van der Waals surface area contributed by atoms with E-state index >= 15 is 0 Å². The van der Waals surface area contributed by atoms with Crippen molar-refractivity contribution >= 4 is 10.9 Å². The lowest BCUT2D eigenvalue weighted by Crippen LogP contribution is -2.08. The van der Waals surface area contributed by atoms with Crippen LogP contribution in [0.25, 0.3) is 10.9 Å². The van der Waals surface area contributed by atoms with E-state index in [2.05, 4.69) is 4.57 Å². The van der Waals surface area contributed by atoms with Crippen LogP contribution >= 0.6 is 0 Å². The van der Waals surface area contributed by atoms with Gasteiger partial charge in [0, 0.05) is 30.8 Å². The third-order valence-corrected chi connectivity index (χ3v) is 2.69. The van der Waals surface area contributed by atoms with E-state index in [4.69, 9.17) is 5.11 Å². The van der Waals surface area contributed by atoms with Gasteiger partial charge in [0.1, 0.15) is 0 Å². The number of aliphatic hydroxyl groups is 1. The summed E-state index contributed by atoms with van der Waals surface area (Å²) in [5.74, 6) is 0. The maximum Gasteiger partial charge on any atom is 0.189 e. The molecule has 0 aliphatic heterocycles. The lowest BCUT2D eigenvalue weighted by atomic mass is 10.2. The molecule has 16 heavy (non-hydrogen) atoms. The Bertz CT molecular complexity index is 531. The second-order valence-electron chi connectivity index (χ2n) is 3.82. The lowest BCUT2D eigenvalue weighted by molar-refractivity contribution is 0.281. The van der Waals surface area contributed by atoms with Gasteiger partial charge in [-0.15, -0.1) is 0 Å².